The molecule has 0 aromatic carbocycles. The van der Waals surface area contributed by atoms with Gasteiger partial charge >= 0.3 is 0 Å². The first-order valence-corrected chi connectivity index (χ1v) is 5.88. The zero-order valence-electron chi connectivity index (χ0n) is 9.92. The number of hydrogen-bond donors (Lipinski definition) is 4. The zero-order chi connectivity index (χ0) is 12.3. The first-order chi connectivity index (χ1) is 8.22. The number of hydrogen-bond acceptors (Lipinski definition) is 4. The maximum atomic E-state index is 12.1. The third-order valence-corrected chi connectivity index (χ3v) is 3.07. The molecule has 1 fully saturated rings. The summed E-state index contributed by atoms with van der Waals surface area (Å²) in [7, 11) is 0. The molecule has 1 aromatic rings. The topological polar surface area (TPSA) is 90.0 Å². The maximum absolute atomic E-state index is 12.1. The predicted molar refractivity (Wildman–Crippen MR) is 62.6 cm³/mol. The number of piperidine rings is 1. The van der Waals surface area contributed by atoms with Crippen LogP contribution in [0.15, 0.2) is 0 Å². The van der Waals surface area contributed by atoms with E-state index in [0.29, 0.717) is 17.0 Å². The lowest BCUT2D eigenvalue weighted by atomic mass is 10.1. The second-order valence-corrected chi connectivity index (χ2v) is 4.33. The Morgan fingerprint density at radius 3 is 2.88 bits per heavy atom. The lowest BCUT2D eigenvalue weighted by Crippen LogP contribution is -2.43. The lowest BCUT2D eigenvalue weighted by molar-refractivity contribution is 0.0926. The fourth-order valence-electron chi connectivity index (χ4n) is 2.12. The van der Waals surface area contributed by atoms with E-state index in [2.05, 4.69) is 20.8 Å². The molecule has 2 heterocycles. The van der Waals surface area contributed by atoms with Crippen molar-refractivity contribution in [1.82, 2.24) is 20.8 Å². The molecule has 2 rings (SSSR count). The third-order valence-electron chi connectivity index (χ3n) is 3.07. The highest BCUT2D eigenvalue weighted by atomic mass is 16.3. The highest BCUT2D eigenvalue weighted by molar-refractivity contribution is 5.96. The fraction of sp³-hybridized carbons (Fsp3) is 0.636. The molecule has 6 heteroatoms. The molecule has 0 bridgehead atoms. The van der Waals surface area contributed by atoms with Crippen LogP contribution in [0, 0.1) is 6.92 Å². The molecule has 1 amide bonds. The number of amides is 1. The number of carbonyl (C=O) groups excluding carboxylic acids is 1. The zero-order valence-corrected chi connectivity index (χ0v) is 9.92. The Morgan fingerprint density at radius 1 is 1.53 bits per heavy atom. The van der Waals surface area contributed by atoms with Gasteiger partial charge in [-0.2, -0.15) is 5.10 Å². The predicted octanol–water partition coefficient (Wildman–Crippen LogP) is -0.308. The SMILES string of the molecule is Cc1[nH]nc(CO)c1C(=O)NC1CCNCC1. The van der Waals surface area contributed by atoms with E-state index in [1.54, 1.807) is 6.92 Å². The van der Waals surface area contributed by atoms with Crippen LogP contribution in [0.3, 0.4) is 0 Å². The Bertz CT molecular complexity index is 396. The van der Waals surface area contributed by atoms with Gasteiger partial charge in [0.15, 0.2) is 0 Å². The number of nitrogens with zero attached hydrogens (tertiary/aromatic N) is 1. The Labute approximate surface area is 99.8 Å². The summed E-state index contributed by atoms with van der Waals surface area (Å²) in [6.07, 6.45) is 1.88. The second-order valence-electron chi connectivity index (χ2n) is 4.33. The summed E-state index contributed by atoms with van der Waals surface area (Å²) < 4.78 is 0. The molecule has 0 aliphatic carbocycles. The summed E-state index contributed by atoms with van der Waals surface area (Å²) in [6.45, 7) is 3.42. The van der Waals surface area contributed by atoms with Crippen LogP contribution in [0.5, 0.6) is 0 Å². The molecule has 4 N–H and O–H groups in total. The standard InChI is InChI=1S/C11H18N4O2/c1-7-10(9(6-16)15-14-7)11(17)13-8-2-4-12-5-3-8/h8,12,16H,2-6H2,1H3,(H,13,17)(H,14,15). The molecule has 0 spiro atoms. The highest BCUT2D eigenvalue weighted by Crippen LogP contribution is 2.12. The van der Waals surface area contributed by atoms with Crippen LogP contribution in [0.2, 0.25) is 0 Å². The summed E-state index contributed by atoms with van der Waals surface area (Å²) in [5.74, 6) is -0.146. The van der Waals surface area contributed by atoms with Gasteiger partial charge in [-0.3, -0.25) is 9.89 Å². The van der Waals surface area contributed by atoms with Crippen molar-refractivity contribution in [3.05, 3.63) is 17.0 Å². The van der Waals surface area contributed by atoms with Crippen LogP contribution in [0.25, 0.3) is 0 Å². The number of aromatic amines is 1. The molecular formula is C11H18N4O2. The van der Waals surface area contributed by atoms with E-state index in [-0.39, 0.29) is 18.6 Å². The lowest BCUT2D eigenvalue weighted by Gasteiger charge is -2.23. The Balaban J connectivity index is 2.05. The van der Waals surface area contributed by atoms with Crippen molar-refractivity contribution < 1.29 is 9.90 Å². The van der Waals surface area contributed by atoms with Crippen molar-refractivity contribution in [2.45, 2.75) is 32.4 Å². The number of aromatic nitrogens is 2. The van der Waals surface area contributed by atoms with Crippen LogP contribution in [-0.2, 0) is 6.61 Å². The summed E-state index contributed by atoms with van der Waals surface area (Å²) in [5, 5.41) is 22.0. The highest BCUT2D eigenvalue weighted by Gasteiger charge is 2.21. The number of aryl methyl sites for hydroxylation is 1. The van der Waals surface area contributed by atoms with E-state index in [1.807, 2.05) is 0 Å². The van der Waals surface area contributed by atoms with Crippen LogP contribution < -0.4 is 10.6 Å². The quantitative estimate of drug-likeness (QED) is 0.581. The van der Waals surface area contributed by atoms with Crippen LogP contribution in [0.4, 0.5) is 0 Å². The second kappa shape index (κ2) is 5.29. The molecule has 1 aromatic heterocycles. The van der Waals surface area contributed by atoms with Gasteiger partial charge in [-0.1, -0.05) is 0 Å². The summed E-state index contributed by atoms with van der Waals surface area (Å²) in [4.78, 5) is 12.1. The van der Waals surface area contributed by atoms with Gasteiger partial charge in [0, 0.05) is 11.7 Å². The average Bonchev–Trinajstić information content (AvgIpc) is 2.71. The molecular weight excluding hydrogens is 220 g/mol. The molecule has 6 nitrogen and oxygen atoms in total. The first-order valence-electron chi connectivity index (χ1n) is 5.88. The minimum Gasteiger partial charge on any atom is -0.390 e. The van der Waals surface area contributed by atoms with E-state index >= 15 is 0 Å². The van der Waals surface area contributed by atoms with Crippen LogP contribution in [-0.4, -0.2) is 40.3 Å². The number of carbonyl (C=O) groups is 1. The van der Waals surface area contributed by atoms with E-state index in [0.717, 1.165) is 25.9 Å². The van der Waals surface area contributed by atoms with Gasteiger partial charge in [0.1, 0.15) is 5.69 Å². The van der Waals surface area contributed by atoms with Crippen molar-refractivity contribution in [2.75, 3.05) is 13.1 Å². The molecule has 1 aliphatic heterocycles. The van der Waals surface area contributed by atoms with E-state index < -0.39 is 0 Å². The van der Waals surface area contributed by atoms with Gasteiger partial charge in [-0.05, 0) is 32.9 Å². The van der Waals surface area contributed by atoms with E-state index in [4.69, 9.17) is 5.11 Å². The van der Waals surface area contributed by atoms with E-state index in [1.165, 1.54) is 0 Å². The Hall–Kier alpha value is -1.40. The fourth-order valence-corrected chi connectivity index (χ4v) is 2.12. The first kappa shape index (κ1) is 12.1. The minimum absolute atomic E-state index is 0.146. The van der Waals surface area contributed by atoms with Gasteiger partial charge in [0.05, 0.1) is 12.2 Å². The largest absolute Gasteiger partial charge is 0.390 e. The van der Waals surface area contributed by atoms with Gasteiger partial charge in [-0.25, -0.2) is 0 Å². The number of aliphatic hydroxyl groups is 1. The third kappa shape index (κ3) is 2.65. The van der Waals surface area contributed by atoms with Gasteiger partial charge in [0.2, 0.25) is 0 Å². The maximum Gasteiger partial charge on any atom is 0.255 e. The number of nitrogens with one attached hydrogen (secondary N) is 3. The Kier molecular flexibility index (Phi) is 3.75. The normalized spacial score (nSPS) is 17.1. The molecule has 1 saturated heterocycles. The minimum atomic E-state index is -0.223. The van der Waals surface area contributed by atoms with E-state index in [9.17, 15) is 4.79 Å². The molecule has 0 radical (unpaired) electrons. The van der Waals surface area contributed by atoms with Gasteiger partial charge in [-0.15, -0.1) is 0 Å². The van der Waals surface area contributed by atoms with Crippen molar-refractivity contribution >= 4 is 5.91 Å². The smallest absolute Gasteiger partial charge is 0.255 e. The molecule has 17 heavy (non-hydrogen) atoms. The molecule has 94 valence electrons. The summed E-state index contributed by atoms with van der Waals surface area (Å²) in [5.41, 5.74) is 1.58. The molecule has 0 unspecified atom stereocenters. The summed E-state index contributed by atoms with van der Waals surface area (Å²) >= 11 is 0. The van der Waals surface area contributed by atoms with Crippen LogP contribution >= 0.6 is 0 Å². The summed E-state index contributed by atoms with van der Waals surface area (Å²) in [6, 6.07) is 0.213. The van der Waals surface area contributed by atoms with Gasteiger partial charge in [0.25, 0.3) is 5.91 Å². The van der Waals surface area contributed by atoms with Crippen molar-refractivity contribution in [3.63, 3.8) is 0 Å². The Morgan fingerprint density at radius 2 is 2.24 bits per heavy atom. The number of H-pyrrole nitrogens is 1. The molecule has 0 atom stereocenters. The monoisotopic (exact) mass is 238 g/mol. The van der Waals surface area contributed by atoms with Crippen molar-refractivity contribution in [2.24, 2.45) is 0 Å². The number of rotatable bonds is 3. The van der Waals surface area contributed by atoms with Crippen molar-refractivity contribution in [1.29, 1.82) is 0 Å². The van der Waals surface area contributed by atoms with Crippen LogP contribution in [0.1, 0.15) is 34.6 Å². The molecule has 0 saturated carbocycles. The molecule has 1 aliphatic rings. The van der Waals surface area contributed by atoms with Gasteiger partial charge < -0.3 is 15.7 Å². The van der Waals surface area contributed by atoms with Crippen molar-refractivity contribution in [3.8, 4) is 0 Å². The number of aliphatic hydroxyl groups excluding tert-OH is 1. The average molecular weight is 238 g/mol.